The zero-order chi connectivity index (χ0) is 9.26. The van der Waals surface area contributed by atoms with Crippen LogP contribution in [-0.4, -0.2) is 17.8 Å². The third-order valence-corrected chi connectivity index (χ3v) is 2.73. The van der Waals surface area contributed by atoms with Crippen LogP contribution in [0.5, 0.6) is 0 Å². The highest BCUT2D eigenvalue weighted by Gasteiger charge is 2.24. The topological polar surface area (TPSA) is 32.3 Å². The van der Waals surface area contributed by atoms with Gasteiger partial charge in [-0.2, -0.15) is 0 Å². The minimum atomic E-state index is -0.235. The van der Waals surface area contributed by atoms with Crippen molar-refractivity contribution in [3.63, 3.8) is 0 Å². The Bertz CT molecular complexity index is 306. The summed E-state index contributed by atoms with van der Waals surface area (Å²) in [5.74, 6) is 0. The Labute approximate surface area is 94.7 Å². The number of nitrogens with one attached hydrogen (secondary N) is 1. The molecule has 0 aliphatic carbocycles. The molecule has 1 aromatic carbocycles. The number of aliphatic hydroxyl groups excluding tert-OH is 1. The van der Waals surface area contributed by atoms with Crippen molar-refractivity contribution in [3.05, 3.63) is 34.9 Å². The molecule has 0 amide bonds. The van der Waals surface area contributed by atoms with Crippen LogP contribution in [-0.2, 0) is 0 Å². The molecule has 1 aliphatic rings. The second-order valence-corrected chi connectivity index (χ2v) is 3.78. The van der Waals surface area contributed by atoms with Gasteiger partial charge in [0.2, 0.25) is 0 Å². The van der Waals surface area contributed by atoms with Gasteiger partial charge in [-0.1, -0.05) is 29.8 Å². The van der Waals surface area contributed by atoms with Crippen LogP contribution in [0.25, 0.3) is 0 Å². The largest absolute Gasteiger partial charge is 0.392 e. The van der Waals surface area contributed by atoms with Crippen LogP contribution in [0.15, 0.2) is 24.3 Å². The Hall–Kier alpha value is -0.280. The maximum absolute atomic E-state index is 9.35. The fraction of sp³-hybridized carbons (Fsp3) is 0.400. The van der Waals surface area contributed by atoms with E-state index in [1.807, 2.05) is 24.3 Å². The van der Waals surface area contributed by atoms with Gasteiger partial charge in [-0.05, 0) is 18.1 Å². The van der Waals surface area contributed by atoms with Gasteiger partial charge in [0.15, 0.2) is 0 Å². The van der Waals surface area contributed by atoms with Gasteiger partial charge in [-0.15, -0.1) is 12.4 Å². The molecule has 0 bridgehead atoms. The third-order valence-electron chi connectivity index (χ3n) is 2.39. The number of halogens is 2. The standard InChI is InChI=1S/C10H12ClNO.ClH/c11-9-4-2-1-3-8(9)10-5-7(13)6-12-10;/h1-4,7,10,12-13H,5-6H2;1H. The predicted octanol–water partition coefficient (Wildman–Crippen LogP) is 2.16. The lowest BCUT2D eigenvalue weighted by atomic mass is 10.0. The Morgan fingerprint density at radius 1 is 1.36 bits per heavy atom. The van der Waals surface area contributed by atoms with E-state index in [0.717, 1.165) is 17.0 Å². The normalized spacial score (nSPS) is 25.9. The van der Waals surface area contributed by atoms with E-state index in [2.05, 4.69) is 5.32 Å². The molecule has 1 aromatic rings. The second-order valence-electron chi connectivity index (χ2n) is 3.37. The summed E-state index contributed by atoms with van der Waals surface area (Å²) in [5, 5.41) is 13.3. The van der Waals surface area contributed by atoms with E-state index in [9.17, 15) is 5.11 Å². The molecule has 1 fully saturated rings. The number of hydrogen-bond donors (Lipinski definition) is 2. The van der Waals surface area contributed by atoms with Crippen LogP contribution in [0.3, 0.4) is 0 Å². The molecule has 1 aliphatic heterocycles. The molecule has 2 atom stereocenters. The molecule has 2 rings (SSSR count). The average Bonchev–Trinajstić information content (AvgIpc) is 2.53. The third kappa shape index (κ3) is 2.39. The zero-order valence-electron chi connectivity index (χ0n) is 7.61. The lowest BCUT2D eigenvalue weighted by molar-refractivity contribution is 0.193. The lowest BCUT2D eigenvalue weighted by Gasteiger charge is -2.11. The summed E-state index contributed by atoms with van der Waals surface area (Å²) in [6.07, 6.45) is 0.519. The van der Waals surface area contributed by atoms with Crippen LogP contribution in [0.4, 0.5) is 0 Å². The number of β-amino-alcohol motifs (C(OH)–C–C–N with tert-alkyl or cyclic N) is 1. The Morgan fingerprint density at radius 3 is 2.64 bits per heavy atom. The maximum atomic E-state index is 9.35. The summed E-state index contributed by atoms with van der Waals surface area (Å²) in [6, 6.07) is 7.97. The van der Waals surface area contributed by atoms with Crippen LogP contribution in [0.1, 0.15) is 18.0 Å². The highest BCUT2D eigenvalue weighted by Crippen LogP contribution is 2.28. The van der Waals surface area contributed by atoms with Gasteiger partial charge in [0, 0.05) is 17.6 Å². The van der Waals surface area contributed by atoms with Crippen molar-refractivity contribution in [1.29, 1.82) is 0 Å². The van der Waals surface area contributed by atoms with Crippen LogP contribution >= 0.6 is 24.0 Å². The molecule has 2 nitrogen and oxygen atoms in total. The summed E-state index contributed by atoms with van der Waals surface area (Å²) < 4.78 is 0. The van der Waals surface area contributed by atoms with E-state index in [-0.39, 0.29) is 24.6 Å². The summed E-state index contributed by atoms with van der Waals surface area (Å²) in [5.41, 5.74) is 1.08. The number of benzene rings is 1. The Balaban J connectivity index is 0.000000980. The molecular weight excluding hydrogens is 221 g/mol. The summed E-state index contributed by atoms with van der Waals surface area (Å²) in [7, 11) is 0. The van der Waals surface area contributed by atoms with Crippen molar-refractivity contribution in [2.24, 2.45) is 0 Å². The van der Waals surface area contributed by atoms with Crippen molar-refractivity contribution in [1.82, 2.24) is 5.32 Å². The highest BCUT2D eigenvalue weighted by molar-refractivity contribution is 6.31. The highest BCUT2D eigenvalue weighted by atomic mass is 35.5. The van der Waals surface area contributed by atoms with Crippen molar-refractivity contribution >= 4 is 24.0 Å². The Morgan fingerprint density at radius 2 is 2.07 bits per heavy atom. The lowest BCUT2D eigenvalue weighted by Crippen LogP contribution is -2.15. The molecule has 0 spiro atoms. The van der Waals surface area contributed by atoms with E-state index < -0.39 is 0 Å². The Kier molecular flexibility index (Phi) is 4.20. The van der Waals surface area contributed by atoms with Crippen molar-refractivity contribution in [2.45, 2.75) is 18.6 Å². The van der Waals surface area contributed by atoms with E-state index in [1.165, 1.54) is 0 Å². The van der Waals surface area contributed by atoms with Crippen molar-refractivity contribution in [2.75, 3.05) is 6.54 Å². The first-order valence-electron chi connectivity index (χ1n) is 4.43. The van der Waals surface area contributed by atoms with Crippen LogP contribution in [0.2, 0.25) is 5.02 Å². The van der Waals surface area contributed by atoms with Gasteiger partial charge in [0.05, 0.1) is 6.10 Å². The number of rotatable bonds is 1. The monoisotopic (exact) mass is 233 g/mol. The second kappa shape index (κ2) is 4.99. The molecule has 4 heteroatoms. The fourth-order valence-corrected chi connectivity index (χ4v) is 1.98. The van der Waals surface area contributed by atoms with E-state index in [0.29, 0.717) is 6.54 Å². The van der Waals surface area contributed by atoms with Crippen molar-refractivity contribution < 1.29 is 5.11 Å². The predicted molar refractivity (Wildman–Crippen MR) is 60.1 cm³/mol. The van der Waals surface area contributed by atoms with E-state index in [1.54, 1.807) is 0 Å². The van der Waals surface area contributed by atoms with Crippen molar-refractivity contribution in [3.8, 4) is 0 Å². The number of hydrogen-bond acceptors (Lipinski definition) is 2. The summed E-state index contributed by atoms with van der Waals surface area (Å²) >= 11 is 6.03. The van der Waals surface area contributed by atoms with E-state index in [4.69, 9.17) is 11.6 Å². The molecular formula is C10H13Cl2NO. The first-order chi connectivity index (χ1) is 6.27. The molecule has 0 aromatic heterocycles. The molecule has 1 heterocycles. The minimum absolute atomic E-state index is 0. The van der Waals surface area contributed by atoms with Crippen LogP contribution in [0, 0.1) is 0 Å². The quantitative estimate of drug-likeness (QED) is 0.780. The average molecular weight is 234 g/mol. The van der Waals surface area contributed by atoms with Gasteiger partial charge < -0.3 is 10.4 Å². The molecule has 1 saturated heterocycles. The number of aliphatic hydroxyl groups is 1. The van der Waals surface area contributed by atoms with Gasteiger partial charge in [0.25, 0.3) is 0 Å². The minimum Gasteiger partial charge on any atom is -0.392 e. The SMILES string of the molecule is Cl.OC1CNC(c2ccccc2Cl)C1. The van der Waals surface area contributed by atoms with E-state index >= 15 is 0 Å². The first-order valence-corrected chi connectivity index (χ1v) is 4.81. The molecule has 0 radical (unpaired) electrons. The van der Waals surface area contributed by atoms with Gasteiger partial charge in [0.1, 0.15) is 0 Å². The van der Waals surface area contributed by atoms with Gasteiger partial charge in [-0.3, -0.25) is 0 Å². The molecule has 2 N–H and O–H groups in total. The van der Waals surface area contributed by atoms with Gasteiger partial charge in [-0.25, -0.2) is 0 Å². The molecule has 2 unspecified atom stereocenters. The first kappa shape index (κ1) is 11.8. The molecule has 78 valence electrons. The summed E-state index contributed by atoms with van der Waals surface area (Å²) in [4.78, 5) is 0. The molecule has 14 heavy (non-hydrogen) atoms. The summed E-state index contributed by atoms with van der Waals surface area (Å²) in [6.45, 7) is 0.663. The zero-order valence-corrected chi connectivity index (χ0v) is 9.18. The fourth-order valence-electron chi connectivity index (χ4n) is 1.71. The smallest absolute Gasteiger partial charge is 0.0682 e. The molecule has 0 saturated carbocycles. The maximum Gasteiger partial charge on any atom is 0.0682 e. The van der Waals surface area contributed by atoms with Gasteiger partial charge >= 0.3 is 0 Å². The van der Waals surface area contributed by atoms with Crippen LogP contribution < -0.4 is 5.32 Å².